The molecule has 4 rings (SSSR count). The van der Waals surface area contributed by atoms with Gasteiger partial charge in [0.2, 0.25) is 11.8 Å². The van der Waals surface area contributed by atoms with E-state index in [1.54, 1.807) is 39.8 Å². The molecule has 0 spiro atoms. The summed E-state index contributed by atoms with van der Waals surface area (Å²) in [6.07, 6.45) is 4.80. The zero-order chi connectivity index (χ0) is 37.2. The summed E-state index contributed by atoms with van der Waals surface area (Å²) in [5.41, 5.74) is 0.0858. The van der Waals surface area contributed by atoms with E-state index in [4.69, 9.17) is 9.47 Å². The highest BCUT2D eigenvalue weighted by molar-refractivity contribution is 7.99. The van der Waals surface area contributed by atoms with Crippen LogP contribution in [0.2, 0.25) is 0 Å². The SMILES string of the molecule is CC(C)OC(=O)C1CN(C(=O)/C=C/c2ccc(Sc3ccc(/C=C/C(=O)N4CCNC(C(=O)OC(C)C)C4)cc3[N+](=O)[O-])c([N+](=O)[O-])c2)CCN1. The second kappa shape index (κ2) is 17.7. The number of ether oxygens (including phenoxy) is 2. The van der Waals surface area contributed by atoms with Crippen LogP contribution in [0, 0.1) is 20.2 Å². The van der Waals surface area contributed by atoms with E-state index in [1.807, 2.05) is 0 Å². The number of nitrogens with one attached hydrogen (secondary N) is 2. The smallest absolute Gasteiger partial charge is 0.325 e. The van der Waals surface area contributed by atoms with Crippen LogP contribution in [0.4, 0.5) is 11.4 Å². The van der Waals surface area contributed by atoms with Crippen LogP contribution >= 0.6 is 11.8 Å². The third-order valence-electron chi connectivity index (χ3n) is 7.66. The molecule has 2 aliphatic heterocycles. The number of hydrogen-bond acceptors (Lipinski definition) is 13. The quantitative estimate of drug-likeness (QED) is 0.140. The molecule has 2 aliphatic rings. The third-order valence-corrected chi connectivity index (χ3v) is 8.79. The van der Waals surface area contributed by atoms with Crippen LogP contribution in [0.15, 0.2) is 58.3 Å². The Morgan fingerprint density at radius 1 is 0.745 bits per heavy atom. The van der Waals surface area contributed by atoms with Gasteiger partial charge in [-0.1, -0.05) is 23.9 Å². The maximum Gasteiger partial charge on any atom is 0.325 e. The molecule has 2 unspecified atom stereocenters. The summed E-state index contributed by atoms with van der Waals surface area (Å²) in [5.74, 6) is -1.67. The fourth-order valence-corrected chi connectivity index (χ4v) is 6.23. The van der Waals surface area contributed by atoms with Gasteiger partial charge in [0, 0.05) is 63.6 Å². The van der Waals surface area contributed by atoms with Gasteiger partial charge in [-0.25, -0.2) is 0 Å². The van der Waals surface area contributed by atoms with Crippen molar-refractivity contribution in [2.45, 2.75) is 61.8 Å². The van der Waals surface area contributed by atoms with Crippen LogP contribution in [0.5, 0.6) is 0 Å². The molecule has 0 radical (unpaired) electrons. The number of rotatable bonds is 12. The lowest BCUT2D eigenvalue weighted by Crippen LogP contribution is -2.56. The Kier molecular flexibility index (Phi) is 13.4. The number of nitrogens with zero attached hydrogens (tertiary/aromatic N) is 4. The number of nitro benzene ring substituents is 2. The Morgan fingerprint density at radius 2 is 1.14 bits per heavy atom. The van der Waals surface area contributed by atoms with Gasteiger partial charge in [0.05, 0.1) is 31.8 Å². The third kappa shape index (κ3) is 10.9. The average Bonchev–Trinajstić information content (AvgIpc) is 3.09. The number of piperazine rings is 2. The van der Waals surface area contributed by atoms with Crippen molar-refractivity contribution in [1.82, 2.24) is 20.4 Å². The summed E-state index contributed by atoms with van der Waals surface area (Å²) in [6, 6.07) is 7.21. The Balaban J connectivity index is 1.44. The summed E-state index contributed by atoms with van der Waals surface area (Å²) in [5, 5.41) is 30.1. The summed E-state index contributed by atoms with van der Waals surface area (Å²) in [4.78, 5) is 76.3. The van der Waals surface area contributed by atoms with Gasteiger partial charge in [0.25, 0.3) is 11.4 Å². The van der Waals surface area contributed by atoms with Gasteiger partial charge in [-0.3, -0.25) is 39.4 Å². The molecule has 2 N–H and O–H groups in total. The van der Waals surface area contributed by atoms with Crippen molar-refractivity contribution in [3.05, 3.63) is 79.9 Å². The maximum atomic E-state index is 12.9. The first-order valence-corrected chi connectivity index (χ1v) is 17.1. The van der Waals surface area contributed by atoms with Gasteiger partial charge in [-0.2, -0.15) is 0 Å². The van der Waals surface area contributed by atoms with Crippen LogP contribution in [0.3, 0.4) is 0 Å². The molecule has 2 atom stereocenters. The number of carbonyl (C=O) groups is 4. The van der Waals surface area contributed by atoms with E-state index in [9.17, 15) is 39.4 Å². The minimum Gasteiger partial charge on any atom is -0.462 e. The molecule has 272 valence electrons. The molecular formula is C34H40N6O10S. The van der Waals surface area contributed by atoms with Crippen LogP contribution in [-0.2, 0) is 28.7 Å². The predicted octanol–water partition coefficient (Wildman–Crippen LogP) is 3.18. The monoisotopic (exact) mass is 724 g/mol. The molecule has 2 aromatic rings. The van der Waals surface area contributed by atoms with E-state index in [2.05, 4.69) is 10.6 Å². The number of amides is 2. The summed E-state index contributed by atoms with van der Waals surface area (Å²) < 4.78 is 10.5. The predicted molar refractivity (Wildman–Crippen MR) is 188 cm³/mol. The molecule has 2 aromatic carbocycles. The molecule has 51 heavy (non-hydrogen) atoms. The Bertz CT molecular complexity index is 1610. The topological polar surface area (TPSA) is 204 Å². The highest BCUT2D eigenvalue weighted by Crippen LogP contribution is 2.40. The lowest BCUT2D eigenvalue weighted by molar-refractivity contribution is -0.388. The Hall–Kier alpha value is -5.13. The second-order valence-electron chi connectivity index (χ2n) is 12.3. The zero-order valence-electron chi connectivity index (χ0n) is 28.6. The summed E-state index contributed by atoms with van der Waals surface area (Å²) in [6.45, 7) is 8.67. The molecule has 0 saturated carbocycles. The molecule has 17 heteroatoms. The molecule has 16 nitrogen and oxygen atoms in total. The van der Waals surface area contributed by atoms with Crippen molar-refractivity contribution in [3.63, 3.8) is 0 Å². The van der Waals surface area contributed by atoms with Crippen molar-refractivity contribution < 1.29 is 38.5 Å². The van der Waals surface area contributed by atoms with E-state index in [-0.39, 0.29) is 58.3 Å². The molecule has 2 heterocycles. The summed E-state index contributed by atoms with van der Waals surface area (Å²) in [7, 11) is 0. The van der Waals surface area contributed by atoms with Gasteiger partial charge in [0.15, 0.2) is 0 Å². The lowest BCUT2D eigenvalue weighted by Gasteiger charge is -2.32. The van der Waals surface area contributed by atoms with Crippen LogP contribution in [0.1, 0.15) is 38.8 Å². The fraction of sp³-hybridized carbons (Fsp3) is 0.412. The molecule has 2 saturated heterocycles. The number of esters is 2. The lowest BCUT2D eigenvalue weighted by atomic mass is 10.1. The van der Waals surface area contributed by atoms with E-state index in [0.717, 1.165) is 11.8 Å². The van der Waals surface area contributed by atoms with Gasteiger partial charge < -0.3 is 29.9 Å². The second-order valence-corrected chi connectivity index (χ2v) is 13.4. The first kappa shape index (κ1) is 38.7. The molecular weight excluding hydrogens is 684 g/mol. The largest absolute Gasteiger partial charge is 0.462 e. The van der Waals surface area contributed by atoms with Crippen molar-refractivity contribution >= 4 is 59.0 Å². The first-order valence-electron chi connectivity index (χ1n) is 16.3. The standard InChI is InChI=1S/C34H40N6O10S/c1-21(2)49-33(43)25-19-37(15-13-35-25)31(41)11-7-23-5-9-29(27(17-23)39(45)46)51-30-10-6-24(18-28(30)40(47)48)8-12-32(42)38-16-14-36-26(20-38)34(44)50-22(3)4/h5-12,17-18,21-22,25-26,35-36H,13-16,19-20H2,1-4H3/b11-7+,12-8+. The minimum absolute atomic E-state index is 0.112. The summed E-state index contributed by atoms with van der Waals surface area (Å²) >= 11 is 0.840. The van der Waals surface area contributed by atoms with E-state index in [1.165, 1.54) is 58.4 Å². The van der Waals surface area contributed by atoms with Crippen molar-refractivity contribution in [2.24, 2.45) is 0 Å². The van der Waals surface area contributed by atoms with E-state index < -0.39 is 33.9 Å². The molecule has 2 fully saturated rings. The maximum absolute atomic E-state index is 12.9. The molecule has 0 bridgehead atoms. The minimum atomic E-state index is -0.666. The number of nitro groups is 2. The molecule has 0 aromatic heterocycles. The highest BCUT2D eigenvalue weighted by Gasteiger charge is 2.30. The van der Waals surface area contributed by atoms with Gasteiger partial charge in [0.1, 0.15) is 12.1 Å². The van der Waals surface area contributed by atoms with Crippen LogP contribution in [-0.4, -0.2) is 107 Å². The van der Waals surface area contributed by atoms with Crippen molar-refractivity contribution in [2.75, 3.05) is 39.3 Å². The van der Waals surface area contributed by atoms with E-state index >= 15 is 0 Å². The number of hydrogen-bond donors (Lipinski definition) is 2. The van der Waals surface area contributed by atoms with Crippen LogP contribution in [0.25, 0.3) is 12.2 Å². The zero-order valence-corrected chi connectivity index (χ0v) is 29.4. The molecule has 2 amide bonds. The van der Waals surface area contributed by atoms with Crippen molar-refractivity contribution in [3.8, 4) is 0 Å². The van der Waals surface area contributed by atoms with Gasteiger partial charge in [-0.15, -0.1) is 0 Å². The fourth-order valence-electron chi connectivity index (χ4n) is 5.24. The van der Waals surface area contributed by atoms with Crippen molar-refractivity contribution in [1.29, 1.82) is 0 Å². The highest BCUT2D eigenvalue weighted by atomic mass is 32.2. The van der Waals surface area contributed by atoms with Gasteiger partial charge in [-0.05, 0) is 63.1 Å². The van der Waals surface area contributed by atoms with Gasteiger partial charge >= 0.3 is 11.9 Å². The van der Waals surface area contributed by atoms with Crippen LogP contribution < -0.4 is 10.6 Å². The first-order chi connectivity index (χ1) is 24.2. The molecule has 0 aliphatic carbocycles. The average molecular weight is 725 g/mol. The normalized spacial score (nSPS) is 18.0. The Labute approximate surface area is 298 Å². The van der Waals surface area contributed by atoms with E-state index in [0.29, 0.717) is 37.3 Å². The number of carbonyl (C=O) groups excluding carboxylic acids is 4. The Morgan fingerprint density at radius 3 is 1.49 bits per heavy atom. The number of benzene rings is 2.